The van der Waals surface area contributed by atoms with E-state index in [2.05, 4.69) is 5.10 Å². The zero-order valence-electron chi connectivity index (χ0n) is 16.2. The van der Waals surface area contributed by atoms with Gasteiger partial charge in [-0.15, -0.1) is 0 Å². The number of amides is 1. The molecule has 4 rings (SSSR count). The summed E-state index contributed by atoms with van der Waals surface area (Å²) in [6, 6.07) is 6.94. The van der Waals surface area contributed by atoms with E-state index in [-0.39, 0.29) is 36.2 Å². The van der Waals surface area contributed by atoms with Crippen LogP contribution in [-0.2, 0) is 21.9 Å². The van der Waals surface area contributed by atoms with Crippen LogP contribution in [0.4, 0.5) is 18.9 Å². The van der Waals surface area contributed by atoms with E-state index in [0.717, 1.165) is 18.4 Å². The molecule has 1 aliphatic heterocycles. The molecular weight excluding hydrogens is 421 g/mol. The van der Waals surface area contributed by atoms with Gasteiger partial charge >= 0.3 is 12.1 Å². The Labute approximate surface area is 171 Å². The molecule has 1 aromatic heterocycles. The topological polar surface area (TPSA) is 84.3 Å². The highest BCUT2D eigenvalue weighted by Crippen LogP contribution is 2.45. The predicted octanol–water partition coefficient (Wildman–Crippen LogP) is 2.66. The third-order valence-electron chi connectivity index (χ3n) is 5.42. The number of alkyl halides is 3. The van der Waals surface area contributed by atoms with Gasteiger partial charge in [0.15, 0.2) is 0 Å². The number of sulfonamides is 1. The molecule has 1 fully saturated rings. The number of aryl methyl sites for hydroxylation is 1. The molecule has 1 aromatic carbocycles. The summed E-state index contributed by atoms with van der Waals surface area (Å²) in [7, 11) is -2.21. The van der Waals surface area contributed by atoms with Crippen molar-refractivity contribution in [1.29, 1.82) is 0 Å². The minimum absolute atomic E-state index is 0.0998. The van der Waals surface area contributed by atoms with E-state index >= 15 is 0 Å². The van der Waals surface area contributed by atoms with Gasteiger partial charge in [0.1, 0.15) is 4.90 Å². The Hall–Kier alpha value is -2.56. The summed E-state index contributed by atoms with van der Waals surface area (Å²) in [5.41, 5.74) is 1.81. The summed E-state index contributed by atoms with van der Waals surface area (Å²) in [5.74, 6) is -2.18. The van der Waals surface area contributed by atoms with Crippen LogP contribution in [0.1, 0.15) is 42.4 Å². The number of nitrogens with one attached hydrogen (secondary N) is 1. The van der Waals surface area contributed by atoms with Gasteiger partial charge in [-0.1, -0.05) is 18.2 Å². The molecule has 1 atom stereocenters. The zero-order chi connectivity index (χ0) is 21.7. The van der Waals surface area contributed by atoms with Gasteiger partial charge < -0.3 is 5.32 Å². The summed E-state index contributed by atoms with van der Waals surface area (Å²) < 4.78 is 66.9. The first-order valence-electron chi connectivity index (χ1n) is 9.59. The lowest BCUT2D eigenvalue weighted by molar-refractivity contribution is -0.173. The van der Waals surface area contributed by atoms with Crippen LogP contribution >= 0.6 is 0 Å². The molecule has 1 N–H and O–H groups in total. The van der Waals surface area contributed by atoms with Gasteiger partial charge in [-0.05, 0) is 30.9 Å². The first-order valence-corrected chi connectivity index (χ1v) is 11.0. The van der Waals surface area contributed by atoms with Crippen LogP contribution in [0.15, 0.2) is 35.4 Å². The third-order valence-corrected chi connectivity index (χ3v) is 7.22. The van der Waals surface area contributed by atoms with Gasteiger partial charge in [-0.3, -0.25) is 13.8 Å². The van der Waals surface area contributed by atoms with Crippen molar-refractivity contribution in [3.63, 3.8) is 0 Å². The number of anilines is 1. The van der Waals surface area contributed by atoms with E-state index in [0.29, 0.717) is 11.4 Å². The maximum Gasteiger partial charge on any atom is 0.471 e. The van der Waals surface area contributed by atoms with Crippen molar-refractivity contribution < 1.29 is 26.4 Å². The molecular formula is C19H21F3N4O3S. The average molecular weight is 442 g/mol. The van der Waals surface area contributed by atoms with E-state index in [1.807, 2.05) is 5.32 Å². The second kappa shape index (κ2) is 7.29. The SMILES string of the molecule is Cn1cc(S(=O)(=O)N2CC(CCNC(=O)C(F)(F)F)c3ccccc32)c(C2CC2)n1. The van der Waals surface area contributed by atoms with E-state index in [9.17, 15) is 26.4 Å². The smallest absolute Gasteiger partial charge is 0.348 e. The van der Waals surface area contributed by atoms with Crippen LogP contribution in [0.5, 0.6) is 0 Å². The van der Waals surface area contributed by atoms with E-state index in [1.54, 1.807) is 31.3 Å². The standard InChI is InChI=1S/C19H21F3N4O3S/c1-25-11-16(17(24-25)12-6-7-12)30(28,29)26-10-13(14-4-2-3-5-15(14)26)8-9-23-18(27)19(20,21)22/h2-5,11-13H,6-10H2,1H3,(H,23,27). The molecule has 1 aliphatic carbocycles. The lowest BCUT2D eigenvalue weighted by Crippen LogP contribution is -2.38. The van der Waals surface area contributed by atoms with Crippen LogP contribution in [-0.4, -0.2) is 43.4 Å². The second-order valence-electron chi connectivity index (χ2n) is 7.66. The number of hydrogen-bond acceptors (Lipinski definition) is 4. The molecule has 11 heteroatoms. The monoisotopic (exact) mass is 442 g/mol. The van der Waals surface area contributed by atoms with E-state index in [4.69, 9.17) is 0 Å². The van der Waals surface area contributed by atoms with Crippen molar-refractivity contribution in [3.05, 3.63) is 41.7 Å². The van der Waals surface area contributed by atoms with Crippen LogP contribution in [0.3, 0.4) is 0 Å². The lowest BCUT2D eigenvalue weighted by Gasteiger charge is -2.20. The summed E-state index contributed by atoms with van der Waals surface area (Å²) in [6.45, 7) is -0.103. The number of rotatable bonds is 6. The Morgan fingerprint density at radius 3 is 2.63 bits per heavy atom. The number of aromatic nitrogens is 2. The van der Waals surface area contributed by atoms with Crippen LogP contribution < -0.4 is 9.62 Å². The van der Waals surface area contributed by atoms with Gasteiger partial charge in [-0.25, -0.2) is 8.42 Å². The molecule has 1 amide bonds. The number of hydrogen-bond donors (Lipinski definition) is 1. The predicted molar refractivity (Wildman–Crippen MR) is 103 cm³/mol. The Morgan fingerprint density at radius 1 is 1.27 bits per heavy atom. The fraction of sp³-hybridized carbons (Fsp3) is 0.474. The van der Waals surface area contributed by atoms with E-state index in [1.165, 1.54) is 15.2 Å². The molecule has 2 aliphatic rings. The highest BCUT2D eigenvalue weighted by Gasteiger charge is 2.41. The Bertz CT molecular complexity index is 1080. The Balaban J connectivity index is 1.57. The summed E-state index contributed by atoms with van der Waals surface area (Å²) in [6.07, 6.45) is -1.45. The third kappa shape index (κ3) is 3.78. The molecule has 162 valence electrons. The van der Waals surface area contributed by atoms with Crippen LogP contribution in [0.25, 0.3) is 0 Å². The molecule has 2 heterocycles. The van der Waals surface area contributed by atoms with Crippen molar-refractivity contribution in [2.45, 2.75) is 42.2 Å². The fourth-order valence-electron chi connectivity index (χ4n) is 3.83. The minimum atomic E-state index is -4.94. The molecule has 7 nitrogen and oxygen atoms in total. The number of carbonyl (C=O) groups is 1. The molecule has 1 unspecified atom stereocenters. The Kier molecular flexibility index (Phi) is 5.03. The molecule has 0 spiro atoms. The molecule has 1 saturated carbocycles. The fourth-order valence-corrected chi connectivity index (χ4v) is 5.63. The highest BCUT2D eigenvalue weighted by molar-refractivity contribution is 7.93. The molecule has 0 radical (unpaired) electrons. The summed E-state index contributed by atoms with van der Waals surface area (Å²) in [5, 5.41) is 6.19. The van der Waals surface area contributed by atoms with Crippen molar-refractivity contribution in [1.82, 2.24) is 15.1 Å². The number of carbonyl (C=O) groups excluding carboxylic acids is 1. The first kappa shape index (κ1) is 20.7. The lowest BCUT2D eigenvalue weighted by atomic mass is 9.98. The normalized spacial score (nSPS) is 19.1. The molecule has 0 saturated heterocycles. The molecule has 2 aromatic rings. The second-order valence-corrected chi connectivity index (χ2v) is 9.49. The van der Waals surface area contributed by atoms with Gasteiger partial charge in [0.25, 0.3) is 10.0 Å². The number of fused-ring (bicyclic) bond motifs is 1. The minimum Gasteiger partial charge on any atom is -0.348 e. The van der Waals surface area contributed by atoms with Crippen molar-refractivity contribution in [2.24, 2.45) is 7.05 Å². The van der Waals surface area contributed by atoms with Crippen LogP contribution in [0.2, 0.25) is 0 Å². The van der Waals surface area contributed by atoms with Crippen molar-refractivity contribution in [2.75, 3.05) is 17.4 Å². The largest absolute Gasteiger partial charge is 0.471 e. The van der Waals surface area contributed by atoms with Gasteiger partial charge in [-0.2, -0.15) is 18.3 Å². The maximum absolute atomic E-state index is 13.5. The first-order chi connectivity index (χ1) is 14.1. The summed E-state index contributed by atoms with van der Waals surface area (Å²) in [4.78, 5) is 11.2. The number of benzene rings is 1. The zero-order valence-corrected chi connectivity index (χ0v) is 17.0. The van der Waals surface area contributed by atoms with Crippen molar-refractivity contribution >= 4 is 21.6 Å². The highest BCUT2D eigenvalue weighted by atomic mass is 32.2. The number of halogens is 3. The number of para-hydroxylation sites is 1. The quantitative estimate of drug-likeness (QED) is 0.746. The van der Waals surface area contributed by atoms with E-state index < -0.39 is 22.1 Å². The van der Waals surface area contributed by atoms with Gasteiger partial charge in [0, 0.05) is 38.2 Å². The van der Waals surface area contributed by atoms with Gasteiger partial charge in [0.2, 0.25) is 0 Å². The maximum atomic E-state index is 13.5. The average Bonchev–Trinajstić information content (AvgIpc) is 3.34. The number of nitrogens with zero attached hydrogens (tertiary/aromatic N) is 3. The molecule has 30 heavy (non-hydrogen) atoms. The summed E-state index contributed by atoms with van der Waals surface area (Å²) >= 11 is 0. The van der Waals surface area contributed by atoms with Crippen LogP contribution in [0, 0.1) is 0 Å². The van der Waals surface area contributed by atoms with Gasteiger partial charge in [0.05, 0.1) is 11.4 Å². The Morgan fingerprint density at radius 2 is 1.97 bits per heavy atom. The van der Waals surface area contributed by atoms with Crippen molar-refractivity contribution in [3.8, 4) is 0 Å². The molecule has 0 bridgehead atoms.